The maximum atomic E-state index is 5.37. The number of hydrogen-bond acceptors (Lipinski definition) is 2. The third-order valence-electron chi connectivity index (χ3n) is 3.10. The predicted molar refractivity (Wildman–Crippen MR) is 53.6 cm³/mol. The first-order valence-corrected chi connectivity index (χ1v) is 5.43. The van der Waals surface area contributed by atoms with Crippen molar-refractivity contribution in [3.8, 4) is 0 Å². The van der Waals surface area contributed by atoms with E-state index in [9.17, 15) is 0 Å². The third kappa shape index (κ3) is 4.10. The molecule has 0 aliphatic heterocycles. The first-order chi connectivity index (χ1) is 6.36. The fourth-order valence-electron chi connectivity index (χ4n) is 2.10. The Hall–Kier alpha value is -0.0800. The second-order valence-electron chi connectivity index (χ2n) is 4.07. The van der Waals surface area contributed by atoms with Crippen LogP contribution in [0.3, 0.4) is 0 Å². The molecule has 1 rings (SSSR count). The molecular formula is C11H22O2. The van der Waals surface area contributed by atoms with Gasteiger partial charge in [-0.2, -0.15) is 0 Å². The zero-order valence-corrected chi connectivity index (χ0v) is 8.92. The lowest BCUT2D eigenvalue weighted by atomic mass is 9.81. The fourth-order valence-corrected chi connectivity index (χ4v) is 2.10. The van der Waals surface area contributed by atoms with Gasteiger partial charge in [0, 0.05) is 7.11 Å². The van der Waals surface area contributed by atoms with Gasteiger partial charge in [-0.1, -0.05) is 26.2 Å². The summed E-state index contributed by atoms with van der Waals surface area (Å²) in [5, 5.41) is 0. The van der Waals surface area contributed by atoms with Gasteiger partial charge in [-0.15, -0.1) is 0 Å². The second kappa shape index (κ2) is 6.39. The molecule has 0 radical (unpaired) electrons. The molecule has 0 unspecified atom stereocenters. The van der Waals surface area contributed by atoms with Gasteiger partial charge in [0.05, 0.1) is 6.61 Å². The molecule has 0 atom stereocenters. The topological polar surface area (TPSA) is 18.5 Å². The lowest BCUT2D eigenvalue weighted by molar-refractivity contribution is -0.0485. The van der Waals surface area contributed by atoms with Gasteiger partial charge in [0.2, 0.25) is 0 Å². The van der Waals surface area contributed by atoms with Gasteiger partial charge in [-0.3, -0.25) is 0 Å². The van der Waals surface area contributed by atoms with Gasteiger partial charge in [0.25, 0.3) is 0 Å². The minimum atomic E-state index is 0.452. The highest BCUT2D eigenvalue weighted by Gasteiger charge is 2.19. The van der Waals surface area contributed by atoms with Crippen LogP contribution in [-0.4, -0.2) is 20.5 Å². The van der Waals surface area contributed by atoms with Gasteiger partial charge in [0.15, 0.2) is 0 Å². The average molecular weight is 186 g/mol. The van der Waals surface area contributed by atoms with Crippen molar-refractivity contribution in [3.63, 3.8) is 0 Å². The Labute approximate surface area is 81.6 Å². The lowest BCUT2D eigenvalue weighted by Gasteiger charge is -2.27. The molecule has 2 heteroatoms. The van der Waals surface area contributed by atoms with E-state index in [4.69, 9.17) is 9.47 Å². The number of rotatable bonds is 5. The van der Waals surface area contributed by atoms with E-state index in [0.29, 0.717) is 6.79 Å². The van der Waals surface area contributed by atoms with Gasteiger partial charge >= 0.3 is 0 Å². The maximum Gasteiger partial charge on any atom is 0.146 e. The van der Waals surface area contributed by atoms with Crippen molar-refractivity contribution in [1.82, 2.24) is 0 Å². The second-order valence-corrected chi connectivity index (χ2v) is 4.07. The van der Waals surface area contributed by atoms with Crippen molar-refractivity contribution in [2.45, 2.75) is 39.0 Å². The quantitative estimate of drug-likeness (QED) is 0.485. The van der Waals surface area contributed by atoms with Crippen LogP contribution in [0.5, 0.6) is 0 Å². The van der Waals surface area contributed by atoms with E-state index < -0.39 is 0 Å². The van der Waals surface area contributed by atoms with E-state index in [1.54, 1.807) is 7.11 Å². The molecule has 78 valence electrons. The molecule has 1 saturated carbocycles. The molecule has 0 heterocycles. The number of methoxy groups -OCH3 is 1. The van der Waals surface area contributed by atoms with E-state index in [-0.39, 0.29) is 0 Å². The highest BCUT2D eigenvalue weighted by atomic mass is 16.7. The molecular weight excluding hydrogens is 164 g/mol. The first-order valence-electron chi connectivity index (χ1n) is 5.43. The fraction of sp³-hybridized carbons (Fsp3) is 1.00. The molecule has 13 heavy (non-hydrogen) atoms. The Kier molecular flexibility index (Phi) is 5.40. The Balaban J connectivity index is 2.03. The van der Waals surface area contributed by atoms with E-state index >= 15 is 0 Å². The normalized spacial score (nSPS) is 29.1. The molecule has 1 aliphatic carbocycles. The molecule has 0 spiro atoms. The molecule has 0 aromatic rings. The van der Waals surface area contributed by atoms with Crippen LogP contribution in [-0.2, 0) is 9.47 Å². The molecule has 0 saturated heterocycles. The van der Waals surface area contributed by atoms with Crippen LogP contribution in [0.1, 0.15) is 39.0 Å². The summed E-state index contributed by atoms with van der Waals surface area (Å²) in [4.78, 5) is 0. The van der Waals surface area contributed by atoms with Crippen molar-refractivity contribution >= 4 is 0 Å². The zero-order valence-electron chi connectivity index (χ0n) is 8.92. The van der Waals surface area contributed by atoms with E-state index in [1.807, 2.05) is 0 Å². The summed E-state index contributed by atoms with van der Waals surface area (Å²) in [6, 6.07) is 0. The van der Waals surface area contributed by atoms with Crippen LogP contribution < -0.4 is 0 Å². The van der Waals surface area contributed by atoms with Gasteiger partial charge in [-0.25, -0.2) is 0 Å². The molecule has 1 aliphatic rings. The molecule has 0 amide bonds. The summed E-state index contributed by atoms with van der Waals surface area (Å²) >= 11 is 0. The average Bonchev–Trinajstić information content (AvgIpc) is 2.19. The highest BCUT2D eigenvalue weighted by Crippen LogP contribution is 2.30. The maximum absolute atomic E-state index is 5.37. The van der Waals surface area contributed by atoms with Crippen molar-refractivity contribution in [2.24, 2.45) is 11.8 Å². The minimum absolute atomic E-state index is 0.452. The summed E-state index contributed by atoms with van der Waals surface area (Å²) in [5.74, 6) is 1.77. The monoisotopic (exact) mass is 186 g/mol. The molecule has 0 aromatic carbocycles. The third-order valence-corrected chi connectivity index (χ3v) is 3.10. The van der Waals surface area contributed by atoms with Gasteiger partial charge < -0.3 is 9.47 Å². The zero-order chi connectivity index (χ0) is 9.52. The Bertz CT molecular complexity index is 115. The molecule has 0 bridgehead atoms. The highest BCUT2D eigenvalue weighted by molar-refractivity contribution is 4.71. The van der Waals surface area contributed by atoms with Crippen molar-refractivity contribution in [1.29, 1.82) is 0 Å². The SMILES string of the molecule is CCC1CCC(COCOC)CC1. The van der Waals surface area contributed by atoms with Crippen molar-refractivity contribution in [2.75, 3.05) is 20.5 Å². The van der Waals surface area contributed by atoms with E-state index in [2.05, 4.69) is 6.92 Å². The summed E-state index contributed by atoms with van der Waals surface area (Å²) < 4.78 is 10.2. The molecule has 0 aromatic heterocycles. The molecule has 1 fully saturated rings. The Morgan fingerprint density at radius 1 is 1.08 bits per heavy atom. The van der Waals surface area contributed by atoms with Crippen LogP contribution >= 0.6 is 0 Å². The Morgan fingerprint density at radius 2 is 1.69 bits per heavy atom. The summed E-state index contributed by atoms with van der Waals surface area (Å²) in [7, 11) is 1.67. The predicted octanol–water partition coefficient (Wildman–Crippen LogP) is 2.82. The summed E-state index contributed by atoms with van der Waals surface area (Å²) in [5.41, 5.74) is 0. The molecule has 0 N–H and O–H groups in total. The summed E-state index contributed by atoms with van der Waals surface area (Å²) in [6.07, 6.45) is 6.85. The standard InChI is InChI=1S/C11H22O2/c1-3-10-4-6-11(7-5-10)8-13-9-12-2/h10-11H,3-9H2,1-2H3. The van der Waals surface area contributed by atoms with Gasteiger partial charge in [-0.05, 0) is 24.7 Å². The first kappa shape index (κ1) is 11.0. The van der Waals surface area contributed by atoms with Crippen LogP contribution in [0.15, 0.2) is 0 Å². The van der Waals surface area contributed by atoms with Crippen LogP contribution in [0.2, 0.25) is 0 Å². The minimum Gasteiger partial charge on any atom is -0.359 e. The largest absolute Gasteiger partial charge is 0.359 e. The number of hydrogen-bond donors (Lipinski definition) is 0. The van der Waals surface area contributed by atoms with Crippen LogP contribution in [0.25, 0.3) is 0 Å². The number of ether oxygens (including phenoxy) is 2. The van der Waals surface area contributed by atoms with E-state index in [1.165, 1.54) is 32.1 Å². The van der Waals surface area contributed by atoms with Crippen LogP contribution in [0, 0.1) is 11.8 Å². The summed E-state index contributed by atoms with van der Waals surface area (Å²) in [6.45, 7) is 3.64. The molecule has 2 nitrogen and oxygen atoms in total. The van der Waals surface area contributed by atoms with Crippen molar-refractivity contribution in [3.05, 3.63) is 0 Å². The van der Waals surface area contributed by atoms with Crippen LogP contribution in [0.4, 0.5) is 0 Å². The van der Waals surface area contributed by atoms with E-state index in [0.717, 1.165) is 18.4 Å². The van der Waals surface area contributed by atoms with Gasteiger partial charge in [0.1, 0.15) is 6.79 Å². The lowest BCUT2D eigenvalue weighted by Crippen LogP contribution is -2.18. The van der Waals surface area contributed by atoms with Crippen molar-refractivity contribution < 1.29 is 9.47 Å². The smallest absolute Gasteiger partial charge is 0.146 e. The Morgan fingerprint density at radius 3 is 2.23 bits per heavy atom.